The predicted molar refractivity (Wildman–Crippen MR) is 149 cm³/mol. The molecule has 0 atom stereocenters. The molecular weight excluding hydrogens is 430 g/mol. The first-order chi connectivity index (χ1) is 16.7. The molecule has 0 aromatic heterocycles. The first-order valence-electron chi connectivity index (χ1n) is 11.8. The highest BCUT2D eigenvalue weighted by atomic mass is 31.2. The van der Waals surface area contributed by atoms with Gasteiger partial charge < -0.3 is 0 Å². The van der Waals surface area contributed by atoms with Gasteiger partial charge in [0.25, 0.3) is 0 Å². The molecule has 4 aromatic rings. The molecule has 0 saturated carbocycles. The van der Waals surface area contributed by atoms with Crippen LogP contribution >= 0.6 is 7.26 Å². The molecule has 0 fully saturated rings. The minimum Gasteiger partial charge on any atom is -0.248 e. The van der Waals surface area contributed by atoms with E-state index in [1.54, 1.807) is 0 Å². The van der Waals surface area contributed by atoms with E-state index in [0.717, 1.165) is 0 Å². The van der Waals surface area contributed by atoms with Gasteiger partial charge in [0.15, 0.2) is 0 Å². The lowest BCUT2D eigenvalue weighted by molar-refractivity contribution is 1.28. The zero-order valence-corrected chi connectivity index (χ0v) is 20.8. The van der Waals surface area contributed by atoms with E-state index in [1.807, 2.05) is 13.8 Å². The van der Waals surface area contributed by atoms with Gasteiger partial charge in [0.1, 0.15) is 28.5 Å². The van der Waals surface area contributed by atoms with Gasteiger partial charge in [-0.15, -0.1) is 11.9 Å². The summed E-state index contributed by atoms with van der Waals surface area (Å²) in [4.78, 5) is 0. The SMILES string of the molecule is CC[B-](C#N)(C#N)CC.c1ccc([P+](c2ccccc2)(c2ccccc2)c2ccccc2)cc1. The fraction of sp³-hybridized carbons (Fsp3) is 0.133. The van der Waals surface area contributed by atoms with Crippen molar-refractivity contribution in [1.29, 1.82) is 10.5 Å². The second-order valence-electron chi connectivity index (χ2n) is 8.34. The number of hydrogen-bond donors (Lipinski definition) is 0. The van der Waals surface area contributed by atoms with Gasteiger partial charge in [-0.25, -0.2) is 10.5 Å². The quantitative estimate of drug-likeness (QED) is 0.266. The van der Waals surface area contributed by atoms with Gasteiger partial charge in [0.05, 0.1) is 0 Å². The van der Waals surface area contributed by atoms with Crippen LogP contribution in [0.3, 0.4) is 0 Å². The third-order valence-corrected chi connectivity index (χ3v) is 10.8. The fourth-order valence-corrected chi connectivity index (χ4v) is 8.45. The normalized spacial score (nSPS) is 10.8. The zero-order chi connectivity index (χ0) is 24.3. The molecule has 0 aliphatic carbocycles. The van der Waals surface area contributed by atoms with Crippen molar-refractivity contribution in [2.45, 2.75) is 26.5 Å². The van der Waals surface area contributed by atoms with Crippen LogP contribution in [-0.2, 0) is 0 Å². The van der Waals surface area contributed by atoms with Crippen LogP contribution in [0.5, 0.6) is 0 Å². The molecule has 4 heteroatoms. The maximum Gasteiger partial charge on any atom is 0.205 e. The summed E-state index contributed by atoms with van der Waals surface area (Å²) in [6.45, 7) is 3.77. The lowest BCUT2D eigenvalue weighted by atomic mass is 9.24. The Bertz CT molecular complexity index is 1050. The summed E-state index contributed by atoms with van der Waals surface area (Å²) >= 11 is 0. The number of hydrogen-bond acceptors (Lipinski definition) is 2. The van der Waals surface area contributed by atoms with Gasteiger partial charge in [-0.2, -0.15) is 12.6 Å². The molecule has 168 valence electrons. The van der Waals surface area contributed by atoms with Crippen LogP contribution in [-0.4, -0.2) is 6.15 Å². The van der Waals surface area contributed by atoms with E-state index in [9.17, 15) is 0 Å². The van der Waals surface area contributed by atoms with Crippen molar-refractivity contribution in [3.8, 4) is 11.9 Å². The summed E-state index contributed by atoms with van der Waals surface area (Å²) < 4.78 is 0. The average molecular weight is 460 g/mol. The second-order valence-corrected chi connectivity index (χ2v) is 11.7. The lowest BCUT2D eigenvalue weighted by Gasteiger charge is -2.27. The predicted octanol–water partition coefficient (Wildman–Crippen LogP) is 5.91. The molecule has 4 rings (SSSR count). The minimum atomic E-state index is -1.91. The molecule has 4 aromatic carbocycles. The van der Waals surface area contributed by atoms with Gasteiger partial charge in [-0.3, -0.25) is 0 Å². The highest BCUT2D eigenvalue weighted by Crippen LogP contribution is 2.53. The van der Waals surface area contributed by atoms with Crippen LogP contribution < -0.4 is 21.2 Å². The molecule has 0 radical (unpaired) electrons. The molecule has 0 amide bonds. The highest BCUT2D eigenvalue weighted by Gasteiger charge is 2.47. The lowest BCUT2D eigenvalue weighted by Crippen LogP contribution is -2.38. The van der Waals surface area contributed by atoms with Gasteiger partial charge in [-0.05, 0) is 48.5 Å². The second kappa shape index (κ2) is 12.0. The number of nitrogens with zero attached hydrogens (tertiary/aromatic N) is 2. The summed E-state index contributed by atoms with van der Waals surface area (Å²) in [5, 5.41) is 22.6. The van der Waals surface area contributed by atoms with Crippen LogP contribution in [0.15, 0.2) is 121 Å². The van der Waals surface area contributed by atoms with Gasteiger partial charge in [-0.1, -0.05) is 86.6 Å². The Morgan fingerprint density at radius 3 is 0.882 bits per heavy atom. The Balaban J connectivity index is 0.000000309. The van der Waals surface area contributed by atoms with E-state index in [0.29, 0.717) is 12.6 Å². The smallest absolute Gasteiger partial charge is 0.205 e. The first-order valence-corrected chi connectivity index (χ1v) is 13.6. The number of rotatable bonds is 6. The summed E-state index contributed by atoms with van der Waals surface area (Å²) in [5.74, 6) is 4.13. The highest BCUT2D eigenvalue weighted by molar-refractivity contribution is 8.01. The van der Waals surface area contributed by atoms with Gasteiger partial charge in [0, 0.05) is 0 Å². The van der Waals surface area contributed by atoms with Crippen LogP contribution in [0.25, 0.3) is 0 Å². The Hall–Kier alpha value is -3.65. The average Bonchev–Trinajstić information content (AvgIpc) is 2.94. The zero-order valence-electron chi connectivity index (χ0n) is 19.9. The van der Waals surface area contributed by atoms with Crippen LogP contribution in [0.4, 0.5) is 0 Å². The maximum absolute atomic E-state index is 8.53. The first kappa shape index (κ1) is 25.0. The molecule has 0 saturated heterocycles. The molecular formula is C30H30BN2P. The van der Waals surface area contributed by atoms with Gasteiger partial charge in [0.2, 0.25) is 6.15 Å². The monoisotopic (exact) mass is 460 g/mol. The van der Waals surface area contributed by atoms with Crippen LogP contribution in [0.1, 0.15) is 13.8 Å². The third-order valence-electron chi connectivity index (χ3n) is 6.46. The van der Waals surface area contributed by atoms with Gasteiger partial charge >= 0.3 is 0 Å². The third kappa shape index (κ3) is 5.12. The number of nitriles is 2. The van der Waals surface area contributed by atoms with Crippen molar-refractivity contribution in [2.75, 3.05) is 0 Å². The fourth-order valence-electron chi connectivity index (χ4n) is 4.18. The van der Waals surface area contributed by atoms with E-state index in [4.69, 9.17) is 10.5 Å². The molecule has 0 unspecified atom stereocenters. The van der Waals surface area contributed by atoms with Crippen molar-refractivity contribution in [3.63, 3.8) is 0 Å². The van der Waals surface area contributed by atoms with Crippen molar-refractivity contribution in [1.82, 2.24) is 0 Å². The Morgan fingerprint density at radius 1 is 0.500 bits per heavy atom. The standard InChI is InChI=1S/C24H20P.C6H10BN2/c1-5-13-21(14-6-1)25(22-15-7-2-8-16-22,23-17-9-3-10-18-23)24-19-11-4-12-20-24;1-3-7(4-2,5-8)6-9/h1-20H;3-4H2,1-2H3/q+1;-1. The van der Waals surface area contributed by atoms with E-state index in [2.05, 4.69) is 133 Å². The van der Waals surface area contributed by atoms with E-state index < -0.39 is 13.4 Å². The van der Waals surface area contributed by atoms with Crippen molar-refractivity contribution in [3.05, 3.63) is 121 Å². The van der Waals surface area contributed by atoms with E-state index in [1.165, 1.54) is 21.2 Å². The largest absolute Gasteiger partial charge is 0.248 e. The van der Waals surface area contributed by atoms with E-state index in [-0.39, 0.29) is 0 Å². The summed E-state index contributed by atoms with van der Waals surface area (Å²) in [5.41, 5.74) is 0. The Labute approximate surface area is 204 Å². The maximum atomic E-state index is 8.53. The molecule has 0 bridgehead atoms. The van der Waals surface area contributed by atoms with Crippen LogP contribution in [0, 0.1) is 22.5 Å². The molecule has 0 spiro atoms. The molecule has 0 heterocycles. The molecule has 0 N–H and O–H groups in total. The summed E-state index contributed by atoms with van der Waals surface area (Å²) in [7, 11) is -1.91. The summed E-state index contributed by atoms with van der Waals surface area (Å²) in [6.07, 6.45) is 0.0347. The van der Waals surface area contributed by atoms with Crippen LogP contribution in [0.2, 0.25) is 12.6 Å². The Kier molecular flexibility index (Phi) is 8.82. The van der Waals surface area contributed by atoms with E-state index >= 15 is 0 Å². The topological polar surface area (TPSA) is 47.6 Å². The molecule has 0 aliphatic heterocycles. The van der Waals surface area contributed by atoms with Crippen molar-refractivity contribution >= 4 is 34.6 Å². The molecule has 0 aliphatic rings. The minimum absolute atomic E-state index is 0.684. The molecule has 2 nitrogen and oxygen atoms in total. The van der Waals surface area contributed by atoms with Crippen molar-refractivity contribution < 1.29 is 0 Å². The Morgan fingerprint density at radius 2 is 0.735 bits per heavy atom. The molecule has 34 heavy (non-hydrogen) atoms. The summed E-state index contributed by atoms with van der Waals surface area (Å²) in [6, 6.07) is 43.8. The van der Waals surface area contributed by atoms with Crippen molar-refractivity contribution in [2.24, 2.45) is 0 Å². The number of benzene rings is 4.